The number of pyridine rings is 1. The molecule has 0 fully saturated rings. The summed E-state index contributed by atoms with van der Waals surface area (Å²) in [6.45, 7) is 4.61. The van der Waals surface area contributed by atoms with Crippen LogP contribution in [0, 0.1) is 0 Å². The van der Waals surface area contributed by atoms with Gasteiger partial charge in [-0.15, -0.1) is 0 Å². The maximum absolute atomic E-state index is 12.5. The molecule has 1 aromatic carbocycles. The summed E-state index contributed by atoms with van der Waals surface area (Å²) < 4.78 is 17.0. The number of benzene rings is 1. The molecule has 2 aromatic rings. The van der Waals surface area contributed by atoms with Crippen LogP contribution in [0.5, 0.6) is 11.6 Å². The Labute approximate surface area is 154 Å². The lowest BCUT2D eigenvalue weighted by Gasteiger charge is -2.16. The lowest BCUT2D eigenvalue weighted by atomic mass is 10.0. The van der Waals surface area contributed by atoms with Crippen LogP contribution < -0.4 is 9.47 Å². The molecular weight excluding hydrogens is 330 g/mol. The van der Waals surface area contributed by atoms with Crippen molar-refractivity contribution in [1.29, 1.82) is 0 Å². The fourth-order valence-electron chi connectivity index (χ4n) is 2.96. The van der Waals surface area contributed by atoms with Crippen LogP contribution in [0.2, 0.25) is 0 Å². The van der Waals surface area contributed by atoms with Crippen molar-refractivity contribution in [3.05, 3.63) is 53.2 Å². The SMILES string of the molecule is CC(C)OC(=O)c1c2ccnc1OCCCc1cccc(c1)CCCO2. The van der Waals surface area contributed by atoms with Crippen molar-refractivity contribution in [2.24, 2.45) is 0 Å². The second kappa shape index (κ2) is 8.70. The Hall–Kier alpha value is -2.56. The van der Waals surface area contributed by atoms with Gasteiger partial charge in [0, 0.05) is 6.20 Å². The van der Waals surface area contributed by atoms with Crippen LogP contribution in [-0.2, 0) is 17.6 Å². The number of aryl methyl sites for hydroxylation is 2. The predicted molar refractivity (Wildman–Crippen MR) is 98.9 cm³/mol. The van der Waals surface area contributed by atoms with Gasteiger partial charge in [-0.3, -0.25) is 0 Å². The molecule has 26 heavy (non-hydrogen) atoms. The van der Waals surface area contributed by atoms with E-state index in [1.54, 1.807) is 12.3 Å². The lowest BCUT2D eigenvalue weighted by molar-refractivity contribution is 0.0367. The summed E-state index contributed by atoms with van der Waals surface area (Å²) in [4.78, 5) is 16.8. The molecule has 5 nitrogen and oxygen atoms in total. The zero-order valence-electron chi connectivity index (χ0n) is 15.4. The molecule has 1 aliphatic rings. The number of carbonyl (C=O) groups is 1. The van der Waals surface area contributed by atoms with Gasteiger partial charge in [-0.25, -0.2) is 9.78 Å². The standard InChI is InChI=1S/C21H25NO4/c1-15(2)26-21(23)19-18-10-11-22-20(19)25-13-5-9-17-7-3-6-16(14-17)8-4-12-24-18/h3,6-7,10-11,14-15H,4-5,8-9,12-13H2,1-2H3. The fourth-order valence-corrected chi connectivity index (χ4v) is 2.96. The third-order valence-corrected chi connectivity index (χ3v) is 4.13. The van der Waals surface area contributed by atoms with Crippen molar-refractivity contribution in [3.8, 4) is 11.6 Å². The average molecular weight is 355 g/mol. The van der Waals surface area contributed by atoms with E-state index >= 15 is 0 Å². The van der Waals surface area contributed by atoms with E-state index in [4.69, 9.17) is 14.2 Å². The minimum atomic E-state index is -0.463. The number of fused-ring (bicyclic) bond motifs is 4. The number of nitrogens with zero attached hydrogens (tertiary/aromatic N) is 1. The molecule has 0 atom stereocenters. The molecule has 0 N–H and O–H groups in total. The van der Waals surface area contributed by atoms with Crippen LogP contribution in [0.4, 0.5) is 0 Å². The number of hydrogen-bond donors (Lipinski definition) is 0. The smallest absolute Gasteiger partial charge is 0.347 e. The first-order valence-electron chi connectivity index (χ1n) is 9.17. The third-order valence-electron chi connectivity index (χ3n) is 4.13. The van der Waals surface area contributed by atoms with Gasteiger partial charge in [0.2, 0.25) is 5.88 Å². The molecule has 1 aliphatic heterocycles. The first-order valence-corrected chi connectivity index (χ1v) is 9.17. The lowest BCUT2D eigenvalue weighted by Crippen LogP contribution is -2.16. The summed E-state index contributed by atoms with van der Waals surface area (Å²) in [7, 11) is 0. The van der Waals surface area contributed by atoms with Crippen molar-refractivity contribution in [1.82, 2.24) is 4.98 Å². The van der Waals surface area contributed by atoms with Gasteiger partial charge < -0.3 is 14.2 Å². The van der Waals surface area contributed by atoms with Gasteiger partial charge >= 0.3 is 5.97 Å². The predicted octanol–water partition coefficient (Wildman–Crippen LogP) is 3.98. The number of rotatable bonds is 2. The number of esters is 1. The van der Waals surface area contributed by atoms with Gasteiger partial charge in [0.15, 0.2) is 5.56 Å². The van der Waals surface area contributed by atoms with Crippen LogP contribution in [0.15, 0.2) is 36.5 Å². The molecular formula is C21H25NO4. The second-order valence-corrected chi connectivity index (χ2v) is 6.67. The highest BCUT2D eigenvalue weighted by molar-refractivity contribution is 5.95. The van der Waals surface area contributed by atoms with Crippen LogP contribution in [0.25, 0.3) is 0 Å². The largest absolute Gasteiger partial charge is 0.492 e. The molecule has 4 bridgehead atoms. The van der Waals surface area contributed by atoms with E-state index in [1.807, 2.05) is 13.8 Å². The summed E-state index contributed by atoms with van der Waals surface area (Å²) in [6.07, 6.45) is 4.95. The summed E-state index contributed by atoms with van der Waals surface area (Å²) >= 11 is 0. The van der Waals surface area contributed by atoms with E-state index in [9.17, 15) is 4.79 Å². The Morgan fingerprint density at radius 1 is 1.08 bits per heavy atom. The topological polar surface area (TPSA) is 57.7 Å². The molecule has 2 heterocycles. The molecule has 0 saturated heterocycles. The Morgan fingerprint density at radius 3 is 2.46 bits per heavy atom. The molecule has 0 saturated carbocycles. The van der Waals surface area contributed by atoms with E-state index in [0.717, 1.165) is 25.7 Å². The Morgan fingerprint density at radius 2 is 1.77 bits per heavy atom. The van der Waals surface area contributed by atoms with Crippen molar-refractivity contribution >= 4 is 5.97 Å². The van der Waals surface area contributed by atoms with Crippen molar-refractivity contribution < 1.29 is 19.0 Å². The number of hydrogen-bond acceptors (Lipinski definition) is 5. The van der Waals surface area contributed by atoms with Gasteiger partial charge in [0.1, 0.15) is 5.75 Å². The van der Waals surface area contributed by atoms with Gasteiger partial charge in [0.05, 0.1) is 19.3 Å². The average Bonchev–Trinajstić information content (AvgIpc) is 2.61. The molecule has 0 amide bonds. The minimum absolute atomic E-state index is 0.223. The van der Waals surface area contributed by atoms with E-state index in [2.05, 4.69) is 29.2 Å². The summed E-state index contributed by atoms with van der Waals surface area (Å²) in [5, 5.41) is 0. The van der Waals surface area contributed by atoms with E-state index in [1.165, 1.54) is 11.1 Å². The maximum atomic E-state index is 12.5. The van der Waals surface area contributed by atoms with Crippen LogP contribution in [0.3, 0.4) is 0 Å². The Balaban J connectivity index is 1.84. The zero-order valence-corrected chi connectivity index (χ0v) is 15.4. The molecule has 0 spiro atoms. The first kappa shape index (κ1) is 18.2. The molecule has 5 heteroatoms. The first-order chi connectivity index (χ1) is 12.6. The molecule has 0 radical (unpaired) electrons. The van der Waals surface area contributed by atoms with Crippen molar-refractivity contribution in [2.75, 3.05) is 13.2 Å². The summed E-state index contributed by atoms with van der Waals surface area (Å²) in [5.74, 6) is 0.279. The van der Waals surface area contributed by atoms with Crippen molar-refractivity contribution in [3.63, 3.8) is 0 Å². The second-order valence-electron chi connectivity index (χ2n) is 6.67. The van der Waals surface area contributed by atoms with Gasteiger partial charge in [-0.1, -0.05) is 24.3 Å². The van der Waals surface area contributed by atoms with Crippen molar-refractivity contribution in [2.45, 2.75) is 45.6 Å². The van der Waals surface area contributed by atoms with Gasteiger partial charge in [-0.2, -0.15) is 0 Å². The monoisotopic (exact) mass is 355 g/mol. The number of ether oxygens (including phenoxy) is 3. The maximum Gasteiger partial charge on any atom is 0.347 e. The fraction of sp³-hybridized carbons (Fsp3) is 0.429. The quantitative estimate of drug-likeness (QED) is 0.763. The molecule has 1 aromatic heterocycles. The highest BCUT2D eigenvalue weighted by atomic mass is 16.5. The molecule has 0 unspecified atom stereocenters. The molecule has 3 rings (SSSR count). The van der Waals surface area contributed by atoms with E-state index in [-0.39, 0.29) is 17.5 Å². The number of aromatic nitrogens is 1. The third kappa shape index (κ3) is 4.75. The highest BCUT2D eigenvalue weighted by Gasteiger charge is 2.23. The number of carbonyl (C=O) groups excluding carboxylic acids is 1. The normalized spacial score (nSPS) is 14.7. The van der Waals surface area contributed by atoms with Gasteiger partial charge in [-0.05, 0) is 56.7 Å². The summed E-state index contributed by atoms with van der Waals surface area (Å²) in [6, 6.07) is 10.3. The highest BCUT2D eigenvalue weighted by Crippen LogP contribution is 2.28. The van der Waals surface area contributed by atoms with Gasteiger partial charge in [0.25, 0.3) is 0 Å². The van der Waals surface area contributed by atoms with E-state index in [0.29, 0.717) is 19.0 Å². The molecule has 0 aliphatic carbocycles. The Kier molecular flexibility index (Phi) is 6.10. The van der Waals surface area contributed by atoms with Crippen LogP contribution in [-0.4, -0.2) is 30.3 Å². The zero-order chi connectivity index (χ0) is 18.4. The van der Waals surface area contributed by atoms with Crippen LogP contribution in [0.1, 0.15) is 48.2 Å². The van der Waals surface area contributed by atoms with Crippen LogP contribution >= 0.6 is 0 Å². The van der Waals surface area contributed by atoms with E-state index < -0.39 is 5.97 Å². The summed E-state index contributed by atoms with van der Waals surface area (Å²) in [5.41, 5.74) is 2.88. The molecule has 138 valence electrons. The minimum Gasteiger partial charge on any atom is -0.492 e. The Bertz CT molecular complexity index is 712.